The maximum atomic E-state index is 14.4. The lowest BCUT2D eigenvalue weighted by molar-refractivity contribution is -0.161. The number of ether oxygens (including phenoxy) is 1. The van der Waals surface area contributed by atoms with Gasteiger partial charge in [-0.05, 0) is 66.8 Å². The third-order valence-corrected chi connectivity index (χ3v) is 8.77. The van der Waals surface area contributed by atoms with E-state index in [0.29, 0.717) is 46.8 Å². The number of aryl methyl sites for hydroxylation is 2. The van der Waals surface area contributed by atoms with Crippen molar-refractivity contribution < 1.29 is 22.3 Å². The Balaban J connectivity index is 1.38. The largest absolute Gasteiger partial charge is 0.497 e. The van der Waals surface area contributed by atoms with Crippen LogP contribution in [0.1, 0.15) is 45.6 Å². The van der Waals surface area contributed by atoms with E-state index in [1.807, 2.05) is 0 Å². The second-order valence-corrected chi connectivity index (χ2v) is 12.7. The highest BCUT2D eigenvalue weighted by molar-refractivity contribution is 5.96. The van der Waals surface area contributed by atoms with Crippen LogP contribution in [0.15, 0.2) is 52.5 Å². The summed E-state index contributed by atoms with van der Waals surface area (Å²) in [7, 11) is 1.47. The number of anilines is 1. The van der Waals surface area contributed by atoms with Gasteiger partial charge in [0, 0.05) is 37.9 Å². The summed E-state index contributed by atoms with van der Waals surface area (Å²) in [6, 6.07) is 8.00. The van der Waals surface area contributed by atoms with E-state index in [2.05, 4.69) is 36.4 Å². The van der Waals surface area contributed by atoms with Crippen molar-refractivity contribution in [1.82, 2.24) is 19.8 Å². The molecule has 2 heterocycles. The number of rotatable bonds is 6. The first-order valence-electron chi connectivity index (χ1n) is 15.0. The number of nitrogens with one attached hydrogen (secondary N) is 2. The lowest BCUT2D eigenvalue weighted by Crippen LogP contribution is -2.59. The molecule has 1 saturated heterocycles. The van der Waals surface area contributed by atoms with Gasteiger partial charge in [0.05, 0.1) is 30.4 Å². The molecule has 2 N–H and O–H groups in total. The van der Waals surface area contributed by atoms with Gasteiger partial charge >= 0.3 is 6.18 Å². The number of alkyl halides is 3. The van der Waals surface area contributed by atoms with Crippen LogP contribution in [0.2, 0.25) is 0 Å². The van der Waals surface area contributed by atoms with Crippen LogP contribution in [0.5, 0.6) is 5.75 Å². The Morgan fingerprint density at radius 2 is 2.02 bits per heavy atom. The second-order valence-electron chi connectivity index (χ2n) is 12.7. The summed E-state index contributed by atoms with van der Waals surface area (Å²) in [5.74, 6) is 0.686. The maximum Gasteiger partial charge on any atom is 0.405 e. The van der Waals surface area contributed by atoms with E-state index in [1.54, 1.807) is 35.2 Å². The van der Waals surface area contributed by atoms with Gasteiger partial charge in [-0.1, -0.05) is 26.8 Å². The van der Waals surface area contributed by atoms with Crippen LogP contribution < -0.4 is 20.9 Å². The van der Waals surface area contributed by atoms with Gasteiger partial charge in [0.1, 0.15) is 17.6 Å². The normalized spacial score (nSPS) is 22.7. The number of guanidine groups is 1. The summed E-state index contributed by atoms with van der Waals surface area (Å²) >= 11 is 0. The first-order valence-corrected chi connectivity index (χ1v) is 15.0. The molecule has 1 unspecified atom stereocenters. The van der Waals surface area contributed by atoms with E-state index in [-0.39, 0.29) is 42.6 Å². The quantitative estimate of drug-likeness (QED) is 0.213. The zero-order valence-electron chi connectivity index (χ0n) is 25.5. The molecule has 3 aromatic rings. The smallest absolute Gasteiger partial charge is 0.405 e. The molecule has 1 aromatic heterocycles. The van der Waals surface area contributed by atoms with Gasteiger partial charge in [0.2, 0.25) is 0 Å². The Labute approximate surface area is 254 Å². The summed E-state index contributed by atoms with van der Waals surface area (Å²) < 4.78 is 61.8. The number of fused-ring (bicyclic) bond motifs is 1. The van der Waals surface area contributed by atoms with Crippen molar-refractivity contribution in [1.29, 1.82) is 0 Å². The molecule has 1 aliphatic carbocycles. The zero-order valence-corrected chi connectivity index (χ0v) is 25.5. The third-order valence-electron chi connectivity index (χ3n) is 8.77. The maximum absolute atomic E-state index is 14.4. The fourth-order valence-electron chi connectivity index (χ4n) is 6.26. The number of aliphatic imine (C=N–C) groups is 1. The molecule has 0 amide bonds. The molecule has 8 nitrogen and oxygen atoms in total. The van der Waals surface area contributed by atoms with Crippen LogP contribution in [-0.4, -0.2) is 65.4 Å². The summed E-state index contributed by atoms with van der Waals surface area (Å²) in [5.41, 5.74) is 1.41. The summed E-state index contributed by atoms with van der Waals surface area (Å²) in [6.07, 6.45) is 0.176. The molecule has 44 heavy (non-hydrogen) atoms. The van der Waals surface area contributed by atoms with E-state index < -0.39 is 18.0 Å². The molecule has 1 saturated carbocycles. The first-order chi connectivity index (χ1) is 20.8. The van der Waals surface area contributed by atoms with Crippen molar-refractivity contribution in [3.05, 3.63) is 64.5 Å². The van der Waals surface area contributed by atoms with Gasteiger partial charge in [0.15, 0.2) is 5.96 Å². The molecular weight excluding hydrogens is 576 g/mol. The van der Waals surface area contributed by atoms with Crippen molar-refractivity contribution in [2.24, 2.45) is 16.3 Å². The van der Waals surface area contributed by atoms with Crippen molar-refractivity contribution in [2.75, 3.05) is 32.1 Å². The minimum absolute atomic E-state index is 0.0222. The first kappa shape index (κ1) is 31.7. The fraction of sp³-hybridized carbons (Fsp3) is 0.531. The Bertz CT molecular complexity index is 1570. The average molecular weight is 617 g/mol. The van der Waals surface area contributed by atoms with Gasteiger partial charge in [-0.3, -0.25) is 9.36 Å². The lowest BCUT2D eigenvalue weighted by atomic mass is 9.71. The van der Waals surface area contributed by atoms with E-state index in [0.717, 1.165) is 19.3 Å². The van der Waals surface area contributed by atoms with Gasteiger partial charge < -0.3 is 20.3 Å². The third kappa shape index (κ3) is 7.34. The van der Waals surface area contributed by atoms with Gasteiger partial charge in [0.25, 0.3) is 5.56 Å². The molecule has 2 fully saturated rings. The van der Waals surface area contributed by atoms with E-state index >= 15 is 0 Å². The minimum atomic E-state index is -4.38. The molecule has 1 aliphatic heterocycles. The zero-order chi connectivity index (χ0) is 31.6. The second kappa shape index (κ2) is 12.7. The molecule has 0 spiro atoms. The van der Waals surface area contributed by atoms with Crippen LogP contribution in [-0.2, 0) is 13.0 Å². The number of nitrogens with zero attached hydrogens (tertiary/aromatic N) is 4. The predicted molar refractivity (Wildman–Crippen MR) is 164 cm³/mol. The average Bonchev–Trinajstić information content (AvgIpc) is 2.97. The SMILES string of the molecule is COc1ccc(CCn2cnc3cc(N/C(=N/C4CCC(C)(C)C[C@@H]4C)N4CCN[C@@H](C(F)(F)F)C4)ccc3c2=O)c(F)c1. The number of methoxy groups -OCH3 is 1. The summed E-state index contributed by atoms with van der Waals surface area (Å²) in [4.78, 5) is 24.4. The number of halogens is 4. The Morgan fingerprint density at radius 1 is 1.23 bits per heavy atom. The molecular formula is C32H40F4N6O2. The van der Waals surface area contributed by atoms with E-state index in [4.69, 9.17) is 9.73 Å². The van der Waals surface area contributed by atoms with Gasteiger partial charge in [-0.25, -0.2) is 14.4 Å². The predicted octanol–water partition coefficient (Wildman–Crippen LogP) is 5.61. The Morgan fingerprint density at radius 3 is 2.73 bits per heavy atom. The molecule has 238 valence electrons. The Hall–Kier alpha value is -3.67. The Kier molecular flexibility index (Phi) is 9.20. The number of hydrogen-bond acceptors (Lipinski definition) is 5. The monoisotopic (exact) mass is 616 g/mol. The standard InChI is InChI=1S/C32H40F4N6O2/c1-20-17-31(2,3)11-9-26(20)40-30(41-14-12-37-28(18-41)32(34,35)36)39-22-6-8-24-27(15-22)38-19-42(29(24)43)13-10-21-5-7-23(44-4)16-25(21)33/h5-8,15-16,19-20,26,28,37H,9-14,17-18H2,1-4H3,(H,39,40)/t20-,26?,28+/m0/s1. The highest BCUT2D eigenvalue weighted by Crippen LogP contribution is 2.40. The molecule has 3 atom stereocenters. The molecule has 12 heteroatoms. The van der Waals surface area contributed by atoms with Crippen LogP contribution in [0, 0.1) is 17.2 Å². The van der Waals surface area contributed by atoms with Crippen molar-refractivity contribution in [3.63, 3.8) is 0 Å². The van der Waals surface area contributed by atoms with Crippen LogP contribution >= 0.6 is 0 Å². The van der Waals surface area contributed by atoms with Gasteiger partial charge in [-0.2, -0.15) is 13.2 Å². The summed E-state index contributed by atoms with van der Waals surface area (Å²) in [5, 5.41) is 6.23. The van der Waals surface area contributed by atoms with Crippen LogP contribution in [0.25, 0.3) is 10.9 Å². The number of benzene rings is 2. The van der Waals surface area contributed by atoms with E-state index in [1.165, 1.54) is 24.1 Å². The molecule has 5 rings (SSSR count). The molecule has 0 bridgehead atoms. The molecule has 2 aromatic carbocycles. The fourth-order valence-corrected chi connectivity index (χ4v) is 6.26. The number of piperazine rings is 1. The van der Waals surface area contributed by atoms with E-state index in [9.17, 15) is 22.4 Å². The van der Waals surface area contributed by atoms with Crippen molar-refractivity contribution in [2.45, 2.75) is 71.3 Å². The van der Waals surface area contributed by atoms with Crippen LogP contribution in [0.3, 0.4) is 0 Å². The number of aromatic nitrogens is 2. The highest BCUT2D eigenvalue weighted by atomic mass is 19.4. The lowest BCUT2D eigenvalue weighted by Gasteiger charge is -2.40. The minimum Gasteiger partial charge on any atom is -0.497 e. The highest BCUT2D eigenvalue weighted by Gasteiger charge is 2.43. The molecule has 2 aliphatic rings. The van der Waals surface area contributed by atoms with Crippen molar-refractivity contribution in [3.8, 4) is 5.75 Å². The topological polar surface area (TPSA) is 83.8 Å². The van der Waals surface area contributed by atoms with Gasteiger partial charge in [-0.15, -0.1) is 0 Å². The summed E-state index contributed by atoms with van der Waals surface area (Å²) in [6.45, 7) is 7.15. The van der Waals surface area contributed by atoms with Crippen LogP contribution in [0.4, 0.5) is 23.2 Å². The van der Waals surface area contributed by atoms with Crippen molar-refractivity contribution >= 4 is 22.5 Å². The number of hydrogen-bond donors (Lipinski definition) is 2. The molecule has 0 radical (unpaired) electrons.